The summed E-state index contributed by atoms with van der Waals surface area (Å²) in [7, 11) is 0. The van der Waals surface area contributed by atoms with Crippen LogP contribution >= 0.6 is 28.1 Å². The van der Waals surface area contributed by atoms with Crippen LogP contribution in [0.5, 0.6) is 11.5 Å². The molecule has 2 rings (SSSR count). The SMILES string of the molecule is CCOc1cc(/C=N\NC(N)=S)ccc1OCc1ccc(Br)cc1. The summed E-state index contributed by atoms with van der Waals surface area (Å²) in [5.41, 5.74) is 9.76. The van der Waals surface area contributed by atoms with E-state index in [9.17, 15) is 0 Å². The Hall–Kier alpha value is -2.12. The summed E-state index contributed by atoms with van der Waals surface area (Å²) in [6, 6.07) is 13.6. The quantitative estimate of drug-likeness (QED) is 0.416. The van der Waals surface area contributed by atoms with Crippen LogP contribution in [0.3, 0.4) is 0 Å². The van der Waals surface area contributed by atoms with Crippen molar-refractivity contribution in [2.75, 3.05) is 6.61 Å². The van der Waals surface area contributed by atoms with Gasteiger partial charge in [0.15, 0.2) is 16.6 Å². The van der Waals surface area contributed by atoms with E-state index in [2.05, 4.69) is 26.5 Å². The summed E-state index contributed by atoms with van der Waals surface area (Å²) in [5.74, 6) is 1.34. The first-order chi connectivity index (χ1) is 11.6. The Kier molecular flexibility index (Phi) is 7.02. The predicted octanol–water partition coefficient (Wildman–Crippen LogP) is 3.59. The molecule has 2 aromatic rings. The van der Waals surface area contributed by atoms with Gasteiger partial charge in [-0.2, -0.15) is 5.10 Å². The molecule has 0 aliphatic heterocycles. The van der Waals surface area contributed by atoms with Gasteiger partial charge in [-0.15, -0.1) is 0 Å². The van der Waals surface area contributed by atoms with Crippen molar-refractivity contribution in [2.24, 2.45) is 10.8 Å². The van der Waals surface area contributed by atoms with Crippen LogP contribution in [0.25, 0.3) is 0 Å². The second kappa shape index (κ2) is 9.24. The van der Waals surface area contributed by atoms with Gasteiger partial charge in [-0.25, -0.2) is 0 Å². The summed E-state index contributed by atoms with van der Waals surface area (Å²) in [6.45, 7) is 2.93. The topological polar surface area (TPSA) is 68.9 Å². The van der Waals surface area contributed by atoms with E-state index in [1.165, 1.54) is 0 Å². The molecule has 3 N–H and O–H groups in total. The van der Waals surface area contributed by atoms with E-state index >= 15 is 0 Å². The maximum absolute atomic E-state index is 5.87. The minimum atomic E-state index is 0.116. The Morgan fingerprint density at radius 2 is 1.96 bits per heavy atom. The second-order valence-electron chi connectivity index (χ2n) is 4.79. The van der Waals surface area contributed by atoms with Gasteiger partial charge in [0.05, 0.1) is 12.8 Å². The van der Waals surface area contributed by atoms with Gasteiger partial charge in [-0.3, -0.25) is 5.43 Å². The largest absolute Gasteiger partial charge is 0.490 e. The van der Waals surface area contributed by atoms with Crippen molar-refractivity contribution in [1.82, 2.24) is 5.43 Å². The zero-order valence-electron chi connectivity index (χ0n) is 13.2. The van der Waals surface area contributed by atoms with Crippen LogP contribution in [0.1, 0.15) is 18.1 Å². The lowest BCUT2D eigenvalue weighted by Crippen LogP contribution is -2.23. The van der Waals surface area contributed by atoms with E-state index < -0.39 is 0 Å². The summed E-state index contributed by atoms with van der Waals surface area (Å²) in [5, 5.41) is 4.05. The molecule has 0 spiro atoms. The zero-order chi connectivity index (χ0) is 17.4. The number of nitrogens with two attached hydrogens (primary N) is 1. The van der Waals surface area contributed by atoms with Crippen LogP contribution in [0.4, 0.5) is 0 Å². The van der Waals surface area contributed by atoms with Crippen LogP contribution in [-0.2, 0) is 6.61 Å². The number of halogens is 1. The third kappa shape index (κ3) is 5.82. The Bertz CT molecular complexity index is 720. The molecule has 24 heavy (non-hydrogen) atoms. The number of nitrogens with zero attached hydrogens (tertiary/aromatic N) is 1. The van der Waals surface area contributed by atoms with Gasteiger partial charge in [0.1, 0.15) is 6.61 Å². The average Bonchev–Trinajstić information content (AvgIpc) is 2.55. The number of hydrogen-bond donors (Lipinski definition) is 2. The van der Waals surface area contributed by atoms with Crippen molar-refractivity contribution in [1.29, 1.82) is 0 Å². The van der Waals surface area contributed by atoms with Gasteiger partial charge in [-0.05, 0) is 60.6 Å². The molecule has 0 heterocycles. The van der Waals surface area contributed by atoms with Crippen molar-refractivity contribution in [2.45, 2.75) is 13.5 Å². The highest BCUT2D eigenvalue weighted by Crippen LogP contribution is 2.29. The maximum Gasteiger partial charge on any atom is 0.184 e. The van der Waals surface area contributed by atoms with Gasteiger partial charge >= 0.3 is 0 Å². The molecular weight excluding hydrogens is 390 g/mol. The smallest absolute Gasteiger partial charge is 0.184 e. The van der Waals surface area contributed by atoms with Gasteiger partial charge in [0, 0.05) is 4.47 Å². The Balaban J connectivity index is 2.09. The van der Waals surface area contributed by atoms with Crippen LogP contribution in [0.2, 0.25) is 0 Å². The number of hydrazone groups is 1. The summed E-state index contributed by atoms with van der Waals surface area (Å²) < 4.78 is 12.6. The molecule has 0 aromatic heterocycles. The summed E-state index contributed by atoms with van der Waals surface area (Å²) >= 11 is 8.11. The molecule has 5 nitrogen and oxygen atoms in total. The number of hydrogen-bond acceptors (Lipinski definition) is 4. The van der Waals surface area contributed by atoms with Crippen molar-refractivity contribution >= 4 is 39.5 Å². The fourth-order valence-electron chi connectivity index (χ4n) is 1.90. The minimum absolute atomic E-state index is 0.116. The number of rotatable bonds is 7. The third-order valence-corrected chi connectivity index (χ3v) is 3.58. The normalized spacial score (nSPS) is 10.6. The molecule has 0 aliphatic rings. The highest BCUT2D eigenvalue weighted by Gasteiger charge is 2.06. The van der Waals surface area contributed by atoms with E-state index in [0.29, 0.717) is 24.7 Å². The van der Waals surface area contributed by atoms with Crippen LogP contribution in [-0.4, -0.2) is 17.9 Å². The fourth-order valence-corrected chi connectivity index (χ4v) is 2.22. The lowest BCUT2D eigenvalue weighted by atomic mass is 10.2. The first-order valence-electron chi connectivity index (χ1n) is 7.31. The third-order valence-electron chi connectivity index (χ3n) is 2.96. The summed E-state index contributed by atoms with van der Waals surface area (Å²) in [6.07, 6.45) is 1.61. The molecular formula is C17H18BrN3O2S. The standard InChI is InChI=1S/C17H18BrN3O2S/c1-2-22-16-9-13(10-20-21-17(19)24)5-8-15(16)23-11-12-3-6-14(18)7-4-12/h3-10H,2,11H2,1H3,(H3,19,21,24)/b20-10-. The lowest BCUT2D eigenvalue weighted by molar-refractivity contribution is 0.269. The molecule has 0 saturated heterocycles. The van der Waals surface area contributed by atoms with Gasteiger partial charge in [-0.1, -0.05) is 28.1 Å². The van der Waals surface area contributed by atoms with E-state index in [-0.39, 0.29) is 5.11 Å². The van der Waals surface area contributed by atoms with Crippen LogP contribution in [0, 0.1) is 0 Å². The predicted molar refractivity (Wildman–Crippen MR) is 104 cm³/mol. The molecule has 0 saturated carbocycles. The van der Waals surface area contributed by atoms with Gasteiger partial charge in [0.2, 0.25) is 0 Å². The molecule has 7 heteroatoms. The molecule has 0 fully saturated rings. The average molecular weight is 408 g/mol. The summed E-state index contributed by atoms with van der Waals surface area (Å²) in [4.78, 5) is 0. The Morgan fingerprint density at radius 1 is 1.21 bits per heavy atom. The Morgan fingerprint density at radius 3 is 2.62 bits per heavy atom. The van der Waals surface area contributed by atoms with Crippen molar-refractivity contribution < 1.29 is 9.47 Å². The minimum Gasteiger partial charge on any atom is -0.490 e. The van der Waals surface area contributed by atoms with E-state index in [4.69, 9.17) is 27.4 Å². The molecule has 0 amide bonds. The highest BCUT2D eigenvalue weighted by atomic mass is 79.9. The lowest BCUT2D eigenvalue weighted by Gasteiger charge is -2.12. The molecule has 2 aromatic carbocycles. The first kappa shape index (κ1) is 18.2. The maximum atomic E-state index is 5.87. The van der Waals surface area contributed by atoms with Crippen LogP contribution in [0.15, 0.2) is 52.0 Å². The van der Waals surface area contributed by atoms with Crippen LogP contribution < -0.4 is 20.6 Å². The molecule has 0 radical (unpaired) electrons. The van der Waals surface area contributed by atoms with E-state index in [0.717, 1.165) is 15.6 Å². The number of nitrogens with one attached hydrogen (secondary N) is 1. The number of thiocarbonyl (C=S) groups is 1. The second-order valence-corrected chi connectivity index (χ2v) is 6.14. The fraction of sp³-hybridized carbons (Fsp3) is 0.176. The van der Waals surface area contributed by atoms with Crippen molar-refractivity contribution in [3.05, 3.63) is 58.1 Å². The Labute approximate surface area is 155 Å². The van der Waals surface area contributed by atoms with Gasteiger partial charge in [0.25, 0.3) is 0 Å². The van der Waals surface area contributed by atoms with Crippen molar-refractivity contribution in [3.8, 4) is 11.5 Å². The highest BCUT2D eigenvalue weighted by molar-refractivity contribution is 9.10. The van der Waals surface area contributed by atoms with Gasteiger partial charge < -0.3 is 15.2 Å². The molecule has 0 atom stereocenters. The molecule has 0 aliphatic carbocycles. The zero-order valence-corrected chi connectivity index (χ0v) is 15.6. The first-order valence-corrected chi connectivity index (χ1v) is 8.51. The molecule has 0 unspecified atom stereocenters. The van der Waals surface area contributed by atoms with E-state index in [1.807, 2.05) is 49.4 Å². The molecule has 0 bridgehead atoms. The van der Waals surface area contributed by atoms with E-state index in [1.54, 1.807) is 6.21 Å². The molecule has 126 valence electrons. The number of benzene rings is 2. The van der Waals surface area contributed by atoms with Crippen molar-refractivity contribution in [3.63, 3.8) is 0 Å². The number of ether oxygens (including phenoxy) is 2. The monoisotopic (exact) mass is 407 g/mol.